The van der Waals surface area contributed by atoms with Gasteiger partial charge in [-0.25, -0.2) is 4.98 Å². The van der Waals surface area contributed by atoms with E-state index in [9.17, 15) is 4.79 Å². The summed E-state index contributed by atoms with van der Waals surface area (Å²) in [4.78, 5) is 16.8. The molecule has 0 fully saturated rings. The van der Waals surface area contributed by atoms with E-state index in [2.05, 4.69) is 10.3 Å². The van der Waals surface area contributed by atoms with Gasteiger partial charge in [-0.15, -0.1) is 0 Å². The van der Waals surface area contributed by atoms with E-state index in [0.29, 0.717) is 27.9 Å². The molecule has 1 aromatic carbocycles. The molecular weight excluding hydrogens is 330 g/mol. The highest BCUT2D eigenvalue weighted by Gasteiger charge is 2.11. The molecule has 2 heterocycles. The van der Waals surface area contributed by atoms with E-state index in [1.165, 1.54) is 14.2 Å². The third kappa shape index (κ3) is 3.28. The third-order valence-corrected chi connectivity index (χ3v) is 3.84. The fraction of sp³-hybridized carbons (Fsp3) is 0.176. The van der Waals surface area contributed by atoms with Crippen molar-refractivity contribution >= 4 is 23.2 Å². The Labute approximate surface area is 144 Å². The van der Waals surface area contributed by atoms with Crippen molar-refractivity contribution in [3.8, 4) is 11.5 Å². The van der Waals surface area contributed by atoms with E-state index < -0.39 is 0 Å². The summed E-state index contributed by atoms with van der Waals surface area (Å²) >= 11 is 6.10. The smallest absolute Gasteiger partial charge is 0.251 e. The Morgan fingerprint density at radius 2 is 1.92 bits per heavy atom. The average molecular weight is 346 g/mol. The highest BCUT2D eigenvalue weighted by Crippen LogP contribution is 2.22. The van der Waals surface area contributed by atoms with E-state index >= 15 is 0 Å². The number of imidazole rings is 1. The minimum absolute atomic E-state index is 0.240. The normalized spacial score (nSPS) is 10.6. The van der Waals surface area contributed by atoms with Crippen molar-refractivity contribution in [1.82, 2.24) is 14.7 Å². The zero-order chi connectivity index (χ0) is 17.1. The van der Waals surface area contributed by atoms with Gasteiger partial charge in [0.25, 0.3) is 5.91 Å². The second kappa shape index (κ2) is 6.80. The van der Waals surface area contributed by atoms with Crippen LogP contribution in [-0.4, -0.2) is 29.5 Å². The number of carbonyl (C=O) groups excluding carboxylic acids is 1. The summed E-state index contributed by atoms with van der Waals surface area (Å²) in [7, 11) is 3.08. The number of ether oxygens (including phenoxy) is 2. The zero-order valence-electron chi connectivity index (χ0n) is 13.2. The predicted octanol–water partition coefficient (Wildman–Crippen LogP) is 2.93. The predicted molar refractivity (Wildman–Crippen MR) is 90.9 cm³/mol. The molecule has 3 rings (SSSR count). The molecule has 0 bridgehead atoms. The number of nitrogens with one attached hydrogen (secondary N) is 1. The lowest BCUT2D eigenvalue weighted by Crippen LogP contribution is -2.23. The number of hydrogen-bond acceptors (Lipinski definition) is 4. The van der Waals surface area contributed by atoms with Crippen molar-refractivity contribution in [2.75, 3.05) is 14.2 Å². The lowest BCUT2D eigenvalue weighted by atomic mass is 10.2. The van der Waals surface area contributed by atoms with Crippen LogP contribution in [-0.2, 0) is 6.54 Å². The number of aromatic nitrogens is 2. The molecule has 0 spiro atoms. The molecule has 24 heavy (non-hydrogen) atoms. The molecule has 0 aliphatic rings. The summed E-state index contributed by atoms with van der Waals surface area (Å²) in [6, 6.07) is 10.5. The number of pyridine rings is 1. The standard InChI is InChI=1S/C17H16ClN3O3/c1-23-13-6-11(7-14(8-13)24-2)17(22)19-9-12-10-21-15(18)4-3-5-16(21)20-12/h3-8,10H,9H2,1-2H3,(H,19,22). The van der Waals surface area contributed by atoms with Crippen molar-refractivity contribution in [3.63, 3.8) is 0 Å². The molecule has 6 nitrogen and oxygen atoms in total. The number of fused-ring (bicyclic) bond motifs is 1. The van der Waals surface area contributed by atoms with Gasteiger partial charge in [0.05, 0.1) is 26.5 Å². The second-order valence-corrected chi connectivity index (χ2v) is 5.48. The molecule has 124 valence electrons. The maximum atomic E-state index is 12.4. The SMILES string of the molecule is COc1cc(OC)cc(C(=O)NCc2cn3c(Cl)cccc3n2)c1. The second-order valence-electron chi connectivity index (χ2n) is 5.09. The van der Waals surface area contributed by atoms with E-state index in [0.717, 1.165) is 5.65 Å². The Hall–Kier alpha value is -2.73. The van der Waals surface area contributed by atoms with Crippen LogP contribution in [0, 0.1) is 0 Å². The minimum atomic E-state index is -0.240. The Balaban J connectivity index is 1.76. The molecule has 0 unspecified atom stereocenters. The Kier molecular flexibility index (Phi) is 4.57. The molecule has 0 aliphatic carbocycles. The summed E-state index contributed by atoms with van der Waals surface area (Å²) in [6.07, 6.45) is 1.80. The fourth-order valence-corrected chi connectivity index (χ4v) is 2.53. The van der Waals surface area contributed by atoms with Gasteiger partial charge in [-0.3, -0.25) is 9.20 Å². The summed E-state index contributed by atoms with van der Waals surface area (Å²) in [5.74, 6) is 0.869. The Bertz CT molecular complexity index is 870. The van der Waals surface area contributed by atoms with Crippen molar-refractivity contribution in [3.05, 3.63) is 59.0 Å². The maximum absolute atomic E-state index is 12.4. The summed E-state index contributed by atoms with van der Waals surface area (Å²) in [6.45, 7) is 0.288. The number of nitrogens with zero attached hydrogens (tertiary/aromatic N) is 2. The van der Waals surface area contributed by atoms with Gasteiger partial charge in [-0.05, 0) is 24.3 Å². The Morgan fingerprint density at radius 3 is 2.54 bits per heavy atom. The first kappa shape index (κ1) is 16.1. The van der Waals surface area contributed by atoms with E-state index in [1.54, 1.807) is 34.9 Å². The van der Waals surface area contributed by atoms with Crippen LogP contribution < -0.4 is 14.8 Å². The number of halogens is 1. The molecular formula is C17H16ClN3O3. The monoisotopic (exact) mass is 345 g/mol. The van der Waals surface area contributed by atoms with Crippen LogP contribution in [0.4, 0.5) is 0 Å². The molecule has 0 radical (unpaired) electrons. The lowest BCUT2D eigenvalue weighted by Gasteiger charge is -2.08. The van der Waals surface area contributed by atoms with E-state index in [1.807, 2.05) is 12.1 Å². The minimum Gasteiger partial charge on any atom is -0.497 e. The first-order valence-electron chi connectivity index (χ1n) is 7.24. The largest absolute Gasteiger partial charge is 0.497 e. The number of hydrogen-bond donors (Lipinski definition) is 1. The van der Waals surface area contributed by atoms with Crippen molar-refractivity contribution in [1.29, 1.82) is 0 Å². The van der Waals surface area contributed by atoms with Crippen LogP contribution in [0.3, 0.4) is 0 Å². The first-order valence-corrected chi connectivity index (χ1v) is 7.62. The van der Waals surface area contributed by atoms with Crippen molar-refractivity contribution < 1.29 is 14.3 Å². The van der Waals surface area contributed by atoms with Gasteiger partial charge >= 0.3 is 0 Å². The maximum Gasteiger partial charge on any atom is 0.251 e. The molecule has 0 aliphatic heterocycles. The van der Waals surface area contributed by atoms with Gasteiger partial charge in [0, 0.05) is 17.8 Å². The molecule has 1 amide bonds. The van der Waals surface area contributed by atoms with Crippen LogP contribution in [0.2, 0.25) is 5.15 Å². The molecule has 3 aromatic rings. The highest BCUT2D eigenvalue weighted by molar-refractivity contribution is 6.29. The summed E-state index contributed by atoms with van der Waals surface area (Å²) in [5, 5.41) is 3.39. The number of amides is 1. The third-order valence-electron chi connectivity index (χ3n) is 3.54. The topological polar surface area (TPSA) is 64.9 Å². The van der Waals surface area contributed by atoms with E-state index in [-0.39, 0.29) is 12.5 Å². The number of benzene rings is 1. The average Bonchev–Trinajstić information content (AvgIpc) is 3.03. The van der Waals surface area contributed by atoms with Gasteiger partial charge in [-0.2, -0.15) is 0 Å². The number of methoxy groups -OCH3 is 2. The van der Waals surface area contributed by atoms with Crippen molar-refractivity contribution in [2.45, 2.75) is 6.54 Å². The van der Waals surface area contributed by atoms with Crippen LogP contribution in [0.15, 0.2) is 42.6 Å². The van der Waals surface area contributed by atoms with Crippen LogP contribution >= 0.6 is 11.6 Å². The number of rotatable bonds is 5. The molecule has 0 saturated carbocycles. The van der Waals surface area contributed by atoms with Crippen molar-refractivity contribution in [2.24, 2.45) is 0 Å². The van der Waals surface area contributed by atoms with Crippen LogP contribution in [0.25, 0.3) is 5.65 Å². The van der Waals surface area contributed by atoms with Gasteiger partial charge in [0.1, 0.15) is 22.3 Å². The van der Waals surface area contributed by atoms with Gasteiger partial charge in [-0.1, -0.05) is 17.7 Å². The highest BCUT2D eigenvalue weighted by atomic mass is 35.5. The molecule has 1 N–H and O–H groups in total. The Morgan fingerprint density at radius 1 is 1.21 bits per heavy atom. The van der Waals surface area contributed by atoms with Gasteiger partial charge < -0.3 is 14.8 Å². The zero-order valence-corrected chi connectivity index (χ0v) is 14.0. The van der Waals surface area contributed by atoms with Crippen LogP contribution in [0.1, 0.15) is 16.1 Å². The van der Waals surface area contributed by atoms with Gasteiger partial charge in [0.2, 0.25) is 0 Å². The van der Waals surface area contributed by atoms with Crippen LogP contribution in [0.5, 0.6) is 11.5 Å². The molecule has 7 heteroatoms. The summed E-state index contributed by atoms with van der Waals surface area (Å²) in [5.41, 5.74) is 1.90. The lowest BCUT2D eigenvalue weighted by molar-refractivity contribution is 0.0949. The quantitative estimate of drug-likeness (QED) is 0.722. The van der Waals surface area contributed by atoms with E-state index in [4.69, 9.17) is 21.1 Å². The molecule has 2 aromatic heterocycles. The fourth-order valence-electron chi connectivity index (χ4n) is 2.32. The molecule has 0 atom stereocenters. The first-order chi connectivity index (χ1) is 11.6. The molecule has 0 saturated heterocycles. The van der Waals surface area contributed by atoms with Gasteiger partial charge in [0.15, 0.2) is 0 Å². The summed E-state index contributed by atoms with van der Waals surface area (Å²) < 4.78 is 12.1. The number of carbonyl (C=O) groups is 1.